The van der Waals surface area contributed by atoms with Crippen LogP contribution in [0, 0.1) is 5.92 Å². The summed E-state index contributed by atoms with van der Waals surface area (Å²) in [6.45, 7) is 4.14. The lowest BCUT2D eigenvalue weighted by molar-refractivity contribution is -0.119. The molecule has 2 aliphatic rings. The second kappa shape index (κ2) is 8.72. The van der Waals surface area contributed by atoms with Crippen molar-refractivity contribution in [2.24, 2.45) is 5.92 Å². The number of hydrogen-bond acceptors (Lipinski definition) is 8. The Hall–Kier alpha value is -3.76. The van der Waals surface area contributed by atoms with Crippen LogP contribution in [-0.4, -0.2) is 50.0 Å². The van der Waals surface area contributed by atoms with Crippen LogP contribution in [0.4, 0.5) is 17.5 Å². The molecule has 1 amide bonds. The van der Waals surface area contributed by atoms with Crippen LogP contribution >= 0.6 is 11.6 Å². The van der Waals surface area contributed by atoms with Gasteiger partial charge >= 0.3 is 0 Å². The Kier molecular flexibility index (Phi) is 5.50. The van der Waals surface area contributed by atoms with E-state index >= 15 is 0 Å². The number of ether oxygens (including phenoxy) is 1. The Morgan fingerprint density at radius 2 is 2.00 bits per heavy atom. The molecule has 1 saturated heterocycles. The summed E-state index contributed by atoms with van der Waals surface area (Å²) in [4.78, 5) is 31.6. The van der Waals surface area contributed by atoms with Crippen molar-refractivity contribution in [3.05, 3.63) is 59.0 Å². The predicted molar refractivity (Wildman–Crippen MR) is 137 cm³/mol. The molecule has 4 aromatic rings. The first-order chi connectivity index (χ1) is 17.4. The highest BCUT2D eigenvalue weighted by Crippen LogP contribution is 2.45. The van der Waals surface area contributed by atoms with Crippen molar-refractivity contribution in [2.45, 2.75) is 25.2 Å². The molecule has 11 heteroatoms. The first-order valence-corrected chi connectivity index (χ1v) is 12.2. The Balaban J connectivity index is 1.38. The number of amides is 1. The van der Waals surface area contributed by atoms with Crippen LogP contribution in [0.3, 0.4) is 0 Å². The number of imidazole rings is 1. The third kappa shape index (κ3) is 3.73. The number of nitrogens with zero attached hydrogens (tertiary/aromatic N) is 5. The maximum Gasteiger partial charge on any atom is 0.240 e. The van der Waals surface area contributed by atoms with Crippen LogP contribution in [0.25, 0.3) is 17.2 Å². The average Bonchev–Trinajstić information content (AvgIpc) is 3.46. The molecule has 10 nitrogen and oxygen atoms in total. The van der Waals surface area contributed by atoms with Gasteiger partial charge in [0, 0.05) is 43.4 Å². The van der Waals surface area contributed by atoms with Gasteiger partial charge in [-0.2, -0.15) is 0 Å². The molecule has 36 heavy (non-hydrogen) atoms. The SMILES string of the molecule is CC1(c2ccc(Cl)cc2)C(=O)Nc2nc(-c3cn4ccnc4c(NCC4CCOCC4)n3)nc(N)c21. The molecule has 1 fully saturated rings. The van der Waals surface area contributed by atoms with Gasteiger partial charge in [0.05, 0.1) is 5.56 Å². The highest BCUT2D eigenvalue weighted by atomic mass is 35.5. The topological polar surface area (TPSA) is 132 Å². The van der Waals surface area contributed by atoms with Crippen molar-refractivity contribution in [1.29, 1.82) is 0 Å². The number of benzene rings is 1. The minimum Gasteiger partial charge on any atom is -0.383 e. The van der Waals surface area contributed by atoms with Gasteiger partial charge in [0.15, 0.2) is 17.3 Å². The Bertz CT molecular complexity index is 1470. The average molecular weight is 505 g/mol. The molecule has 1 unspecified atom stereocenters. The smallest absolute Gasteiger partial charge is 0.240 e. The van der Waals surface area contributed by atoms with Gasteiger partial charge in [0.25, 0.3) is 0 Å². The lowest BCUT2D eigenvalue weighted by Crippen LogP contribution is -2.32. The summed E-state index contributed by atoms with van der Waals surface area (Å²) in [5.41, 5.74) is 7.94. The van der Waals surface area contributed by atoms with Crippen molar-refractivity contribution in [3.63, 3.8) is 0 Å². The molecule has 0 bridgehead atoms. The largest absolute Gasteiger partial charge is 0.383 e. The van der Waals surface area contributed by atoms with Crippen molar-refractivity contribution >= 4 is 40.6 Å². The van der Waals surface area contributed by atoms with E-state index in [1.807, 2.05) is 29.7 Å². The number of carbonyl (C=O) groups excluding carboxylic acids is 1. The summed E-state index contributed by atoms with van der Waals surface area (Å²) < 4.78 is 7.34. The standard InChI is InChI=1S/C25H25ClN8O2/c1-25(15-2-4-16(26)5-3-15)18-19(27)31-20(32-21(18)33-24(25)35)17-13-34-9-8-28-23(34)22(30-17)29-12-14-6-10-36-11-7-14/h2-5,8-9,13-14H,6-7,10-12H2,1H3,(H,29,30)(H3,27,31,32,33,35). The molecule has 4 N–H and O–H groups in total. The van der Waals surface area contributed by atoms with Crippen LogP contribution in [0.15, 0.2) is 42.9 Å². The molecule has 2 aliphatic heterocycles. The van der Waals surface area contributed by atoms with E-state index in [4.69, 9.17) is 27.1 Å². The van der Waals surface area contributed by atoms with E-state index in [1.54, 1.807) is 24.5 Å². The molecule has 0 saturated carbocycles. The minimum absolute atomic E-state index is 0.218. The second-order valence-corrected chi connectivity index (χ2v) is 9.75. The van der Waals surface area contributed by atoms with Gasteiger partial charge in [0.2, 0.25) is 5.91 Å². The van der Waals surface area contributed by atoms with Crippen molar-refractivity contribution in [1.82, 2.24) is 24.3 Å². The van der Waals surface area contributed by atoms with Gasteiger partial charge in [-0.15, -0.1) is 0 Å². The number of anilines is 3. The molecule has 1 atom stereocenters. The van der Waals surface area contributed by atoms with E-state index in [0.717, 1.165) is 38.2 Å². The lowest BCUT2D eigenvalue weighted by Gasteiger charge is -2.23. The molecule has 0 aliphatic carbocycles. The number of carbonyl (C=O) groups is 1. The van der Waals surface area contributed by atoms with E-state index < -0.39 is 5.41 Å². The van der Waals surface area contributed by atoms with E-state index in [2.05, 4.69) is 25.6 Å². The number of rotatable bonds is 5. The quantitative estimate of drug-likeness (QED) is 0.376. The van der Waals surface area contributed by atoms with E-state index in [9.17, 15) is 4.79 Å². The van der Waals surface area contributed by atoms with E-state index in [1.165, 1.54) is 0 Å². The van der Waals surface area contributed by atoms with Gasteiger partial charge in [-0.25, -0.2) is 19.9 Å². The molecule has 184 valence electrons. The summed E-state index contributed by atoms with van der Waals surface area (Å²) in [6, 6.07) is 7.13. The fourth-order valence-corrected chi connectivity index (χ4v) is 5.06. The van der Waals surface area contributed by atoms with Crippen LogP contribution in [0.2, 0.25) is 5.02 Å². The number of nitrogen functional groups attached to an aromatic ring is 1. The molecule has 6 rings (SSSR count). The van der Waals surface area contributed by atoms with Gasteiger partial charge in [-0.1, -0.05) is 23.7 Å². The number of aromatic nitrogens is 5. The molecule has 5 heterocycles. The Morgan fingerprint density at radius 1 is 1.22 bits per heavy atom. The zero-order chi connectivity index (χ0) is 24.9. The minimum atomic E-state index is -1.04. The summed E-state index contributed by atoms with van der Waals surface area (Å²) in [5.74, 6) is 1.83. The van der Waals surface area contributed by atoms with Crippen LogP contribution in [0.1, 0.15) is 30.9 Å². The molecule has 0 spiro atoms. The molecule has 0 radical (unpaired) electrons. The van der Waals surface area contributed by atoms with E-state index in [0.29, 0.717) is 45.3 Å². The Morgan fingerprint density at radius 3 is 2.78 bits per heavy atom. The highest BCUT2D eigenvalue weighted by molar-refractivity contribution is 6.30. The fraction of sp³-hybridized carbons (Fsp3) is 0.320. The molecule has 3 aromatic heterocycles. The predicted octanol–water partition coefficient (Wildman–Crippen LogP) is 3.52. The first kappa shape index (κ1) is 22.7. The van der Waals surface area contributed by atoms with Crippen LogP contribution in [0.5, 0.6) is 0 Å². The molecular formula is C25H25ClN8O2. The maximum absolute atomic E-state index is 13.2. The third-order valence-electron chi connectivity index (χ3n) is 7.05. The normalized spacial score (nSPS) is 19.9. The number of halogens is 1. The zero-order valence-corrected chi connectivity index (χ0v) is 20.4. The Labute approximate surface area is 212 Å². The maximum atomic E-state index is 13.2. The number of nitrogens with one attached hydrogen (secondary N) is 2. The van der Waals surface area contributed by atoms with Gasteiger partial charge in [-0.05, 0) is 43.4 Å². The highest BCUT2D eigenvalue weighted by Gasteiger charge is 2.47. The van der Waals surface area contributed by atoms with Crippen LogP contribution < -0.4 is 16.4 Å². The van der Waals surface area contributed by atoms with Gasteiger partial charge in [0.1, 0.15) is 22.7 Å². The number of hydrogen-bond donors (Lipinski definition) is 3. The number of fused-ring (bicyclic) bond motifs is 2. The molecule has 1 aromatic carbocycles. The van der Waals surface area contributed by atoms with E-state index in [-0.39, 0.29) is 11.7 Å². The van der Waals surface area contributed by atoms with Crippen molar-refractivity contribution < 1.29 is 9.53 Å². The second-order valence-electron chi connectivity index (χ2n) is 9.31. The molecular weight excluding hydrogens is 480 g/mol. The first-order valence-electron chi connectivity index (χ1n) is 11.8. The summed E-state index contributed by atoms with van der Waals surface area (Å²) in [5, 5.41) is 6.92. The van der Waals surface area contributed by atoms with Gasteiger partial charge in [-0.3, -0.25) is 4.79 Å². The van der Waals surface area contributed by atoms with Gasteiger partial charge < -0.3 is 25.5 Å². The van der Waals surface area contributed by atoms with Crippen molar-refractivity contribution in [3.8, 4) is 11.5 Å². The summed E-state index contributed by atoms with van der Waals surface area (Å²) in [6.07, 6.45) is 7.38. The van der Waals surface area contributed by atoms with Crippen LogP contribution in [-0.2, 0) is 14.9 Å². The van der Waals surface area contributed by atoms with Crippen molar-refractivity contribution in [2.75, 3.05) is 36.1 Å². The zero-order valence-electron chi connectivity index (χ0n) is 19.7. The summed E-state index contributed by atoms with van der Waals surface area (Å²) >= 11 is 6.06. The third-order valence-corrected chi connectivity index (χ3v) is 7.30. The lowest BCUT2D eigenvalue weighted by atomic mass is 9.78. The summed E-state index contributed by atoms with van der Waals surface area (Å²) in [7, 11) is 0. The monoisotopic (exact) mass is 504 g/mol. The number of nitrogens with two attached hydrogens (primary N) is 1. The fourth-order valence-electron chi connectivity index (χ4n) is 4.93.